The molecule has 18 N–H and O–H groups in total. The van der Waals surface area contributed by atoms with Crippen LogP contribution in [0.1, 0.15) is 102 Å². The molecule has 0 aliphatic carbocycles. The maximum Gasteiger partial charge on any atom is 0.243 e. The molecule has 1 aliphatic rings. The predicted octanol–water partition coefficient (Wildman–Crippen LogP) is -0.922. The van der Waals surface area contributed by atoms with E-state index >= 15 is 4.39 Å². The second kappa shape index (κ2) is 30.2. The fourth-order valence-corrected chi connectivity index (χ4v) is 8.86. The fourth-order valence-electron chi connectivity index (χ4n) is 8.86. The van der Waals surface area contributed by atoms with Gasteiger partial charge in [-0.2, -0.15) is 0 Å². The van der Waals surface area contributed by atoms with Crippen LogP contribution in [-0.2, 0) is 60.8 Å². The van der Waals surface area contributed by atoms with E-state index in [2.05, 4.69) is 41.6 Å². The smallest absolute Gasteiger partial charge is 0.243 e. The van der Waals surface area contributed by atoms with Gasteiger partial charge in [-0.1, -0.05) is 42.8 Å². The van der Waals surface area contributed by atoms with Gasteiger partial charge in [0.15, 0.2) is 17.7 Å². The number of primary amides is 2. The Kier molecular flexibility index (Phi) is 24.0. The van der Waals surface area contributed by atoms with Crippen LogP contribution in [0.25, 0.3) is 10.9 Å². The zero-order valence-corrected chi connectivity index (χ0v) is 42.6. The lowest BCUT2D eigenvalue weighted by molar-refractivity contribution is -0.136. The Labute approximate surface area is 438 Å². The van der Waals surface area contributed by atoms with Crippen LogP contribution in [0, 0.1) is 17.7 Å². The Morgan fingerprint density at radius 1 is 0.711 bits per heavy atom. The lowest BCUT2D eigenvalue weighted by atomic mass is 9.83. The molecule has 1 fully saturated rings. The van der Waals surface area contributed by atoms with Gasteiger partial charge in [0.25, 0.3) is 0 Å². The number of benzene rings is 2. The van der Waals surface area contributed by atoms with Gasteiger partial charge >= 0.3 is 0 Å². The third-order valence-electron chi connectivity index (χ3n) is 12.8. The van der Waals surface area contributed by atoms with Crippen molar-refractivity contribution in [2.45, 2.75) is 133 Å². The number of aromatic amines is 1. The van der Waals surface area contributed by atoms with Crippen molar-refractivity contribution in [3.05, 3.63) is 71.7 Å². The van der Waals surface area contributed by atoms with Crippen molar-refractivity contribution in [3.63, 3.8) is 0 Å². The summed E-state index contributed by atoms with van der Waals surface area (Å²) >= 11 is 0. The summed E-state index contributed by atoms with van der Waals surface area (Å²) in [4.78, 5) is 148. The number of nitrogens with two attached hydrogens (primary N) is 6. The normalized spacial score (nSPS) is 21.2. The number of Topliss-reactive ketones (excluding diaryl/α,β-unsaturated/α-hetero) is 3. The molecule has 1 aromatic heterocycles. The first-order valence-corrected chi connectivity index (χ1v) is 25.1. The standard InChI is InChI=1S/C51H71FN14O10/c1-28(67)62-38(17-9-21-60-51(57)58)47(74)64-39-19-18-33(68)12-3-6-16-37(45(54)72)63-46(73)31(22-32-27-61-36-15-7-4-13-34(32)36)25-42(69)30(11-8-20-59-50(55)56)24-43(70)40(23-29-10-2-5-14-35(29)52)65-49(76)41(26-44(53)71)66-48(39)75/h2,4-5,7,10,13-15,27,30-31,37-41,61H,3,6,8-9,11-12,16-26H2,1H3,(H2,53,71)(H2,54,72)(H,62,67)(H,63,73)(H,64,74)(H,65,76)(H,66,75)(H4,55,56,59)(H4,57,58,60)/t30-,31-,37+,38+,39+,40-,41+/m1/s1. The maximum atomic E-state index is 15.4. The molecule has 76 heavy (non-hydrogen) atoms. The predicted molar refractivity (Wildman–Crippen MR) is 279 cm³/mol. The summed E-state index contributed by atoms with van der Waals surface area (Å²) in [5.41, 5.74) is 34.7. The number of aromatic nitrogens is 1. The molecule has 7 amide bonds. The molecule has 3 aromatic rings. The van der Waals surface area contributed by atoms with Gasteiger partial charge in [0, 0.05) is 81.1 Å². The zero-order chi connectivity index (χ0) is 55.9. The van der Waals surface area contributed by atoms with Crippen molar-refractivity contribution >= 4 is 81.5 Å². The zero-order valence-electron chi connectivity index (χ0n) is 42.6. The van der Waals surface area contributed by atoms with Crippen molar-refractivity contribution in [2.24, 2.45) is 56.2 Å². The first kappa shape index (κ1) is 60.3. The summed E-state index contributed by atoms with van der Waals surface area (Å²) in [5.74, 6) is -11.4. The number of carbonyl (C=O) groups excluding carboxylic acids is 10. The molecular weight excluding hydrogens is 988 g/mol. The monoisotopic (exact) mass is 1060 g/mol. The van der Waals surface area contributed by atoms with E-state index in [0.29, 0.717) is 5.56 Å². The first-order valence-electron chi connectivity index (χ1n) is 25.1. The Morgan fingerprint density at radius 3 is 2.04 bits per heavy atom. The van der Waals surface area contributed by atoms with Crippen molar-refractivity contribution in [2.75, 3.05) is 13.1 Å². The average molecular weight is 1060 g/mol. The number of hydrogen-bond acceptors (Lipinski definition) is 12. The molecule has 7 atom stereocenters. The molecule has 25 heteroatoms. The van der Waals surface area contributed by atoms with Gasteiger partial charge in [-0.15, -0.1) is 0 Å². The largest absolute Gasteiger partial charge is 0.370 e. The number of rotatable bonds is 18. The van der Waals surface area contributed by atoms with Gasteiger partial charge < -0.3 is 66.0 Å². The number of hydrogen-bond donors (Lipinski definition) is 12. The van der Waals surface area contributed by atoms with Crippen molar-refractivity contribution in [3.8, 4) is 0 Å². The lowest BCUT2D eigenvalue weighted by Gasteiger charge is -2.27. The Morgan fingerprint density at radius 2 is 1.37 bits per heavy atom. The summed E-state index contributed by atoms with van der Waals surface area (Å²) in [7, 11) is 0. The highest BCUT2D eigenvalue weighted by Gasteiger charge is 2.36. The van der Waals surface area contributed by atoms with E-state index in [-0.39, 0.29) is 107 Å². The van der Waals surface area contributed by atoms with Crippen LogP contribution in [0.3, 0.4) is 0 Å². The van der Waals surface area contributed by atoms with Crippen LogP contribution < -0.4 is 61.0 Å². The highest BCUT2D eigenvalue weighted by atomic mass is 19.1. The number of para-hydroxylation sites is 1. The highest BCUT2D eigenvalue weighted by Crippen LogP contribution is 2.26. The lowest BCUT2D eigenvalue weighted by Crippen LogP contribution is -2.58. The van der Waals surface area contributed by atoms with Crippen LogP contribution in [-0.4, -0.2) is 119 Å². The topological polar surface area (TPSA) is 427 Å². The Bertz CT molecular complexity index is 2630. The van der Waals surface area contributed by atoms with Crippen LogP contribution in [0.5, 0.6) is 0 Å². The van der Waals surface area contributed by atoms with E-state index in [4.69, 9.17) is 34.4 Å². The third-order valence-corrected chi connectivity index (χ3v) is 12.8. The molecule has 4 rings (SSSR count). The number of amides is 7. The van der Waals surface area contributed by atoms with Crippen molar-refractivity contribution in [1.29, 1.82) is 0 Å². The minimum absolute atomic E-state index is 0.000181. The van der Waals surface area contributed by atoms with Gasteiger partial charge in [-0.3, -0.25) is 57.9 Å². The molecule has 412 valence electrons. The van der Waals surface area contributed by atoms with Gasteiger partial charge in [0.05, 0.1) is 12.5 Å². The number of carbonyl (C=O) groups is 10. The molecule has 2 aromatic carbocycles. The summed E-state index contributed by atoms with van der Waals surface area (Å²) in [5, 5.41) is 13.4. The number of nitrogens with one attached hydrogen (secondary N) is 6. The number of fused-ring (bicyclic) bond motifs is 1. The number of guanidine groups is 2. The average Bonchev–Trinajstić information content (AvgIpc) is 3.76. The number of nitrogens with zero attached hydrogens (tertiary/aromatic N) is 2. The number of ketones is 3. The van der Waals surface area contributed by atoms with E-state index in [1.54, 1.807) is 12.3 Å². The highest BCUT2D eigenvalue weighted by molar-refractivity contribution is 5.99. The molecular formula is C51H71FN14O10. The van der Waals surface area contributed by atoms with Crippen LogP contribution >= 0.6 is 0 Å². The minimum Gasteiger partial charge on any atom is -0.370 e. The summed E-state index contributed by atoms with van der Waals surface area (Å²) in [6.07, 6.45) is -0.569. The van der Waals surface area contributed by atoms with Crippen molar-refractivity contribution < 1.29 is 52.3 Å². The van der Waals surface area contributed by atoms with E-state index in [0.717, 1.165) is 17.0 Å². The maximum absolute atomic E-state index is 15.4. The van der Waals surface area contributed by atoms with Crippen LogP contribution in [0.4, 0.5) is 4.39 Å². The second-order valence-corrected chi connectivity index (χ2v) is 18.9. The minimum atomic E-state index is -1.82. The molecule has 1 aliphatic heterocycles. The number of halogens is 1. The molecule has 0 radical (unpaired) electrons. The summed E-state index contributed by atoms with van der Waals surface area (Å²) < 4.78 is 15.4. The van der Waals surface area contributed by atoms with Crippen LogP contribution in [0.15, 0.2) is 64.7 Å². The molecule has 0 saturated carbocycles. The summed E-state index contributed by atoms with van der Waals surface area (Å²) in [6.45, 7) is 1.30. The van der Waals surface area contributed by atoms with E-state index in [1.807, 2.05) is 18.2 Å². The molecule has 0 bridgehead atoms. The molecule has 0 unspecified atom stereocenters. The SMILES string of the molecule is CC(=O)N[C@@H](CCCN=C(N)N)C(=O)N[C@H]1CCC(=O)CCCC[C@@H](C(N)=O)NC(=O)[C@H](Cc2c[nH]c3ccccc23)CC(=O)[C@H](CCCN=C(N)N)CC(=O)[C@@H](Cc2ccccc2F)NC(=O)[C@H](CC(N)=O)NC1=O. The Balaban J connectivity index is 1.79. The van der Waals surface area contributed by atoms with Gasteiger partial charge in [0.1, 0.15) is 41.6 Å². The number of aliphatic imine (C=N–C) groups is 2. The molecule has 2 heterocycles. The van der Waals surface area contributed by atoms with Gasteiger partial charge in [-0.05, 0) is 74.6 Å². The Hall–Kier alpha value is -8.25. The molecule has 1 saturated heterocycles. The van der Waals surface area contributed by atoms with E-state index in [1.165, 1.54) is 25.1 Å². The van der Waals surface area contributed by atoms with Gasteiger partial charge in [-0.25, -0.2) is 4.39 Å². The van der Waals surface area contributed by atoms with Gasteiger partial charge in [0.2, 0.25) is 41.4 Å². The van der Waals surface area contributed by atoms with Crippen molar-refractivity contribution in [1.82, 2.24) is 31.6 Å². The number of H-pyrrole nitrogens is 1. The van der Waals surface area contributed by atoms with E-state index < -0.39 is 126 Å². The molecule has 24 nitrogen and oxygen atoms in total. The van der Waals surface area contributed by atoms with Crippen LogP contribution in [0.2, 0.25) is 0 Å². The quantitative estimate of drug-likeness (QED) is 0.0417. The molecule has 0 spiro atoms. The first-order chi connectivity index (χ1) is 36.1. The fraction of sp³-hybridized carbons (Fsp3) is 0.490. The summed E-state index contributed by atoms with van der Waals surface area (Å²) in [6, 6.07) is 5.24. The third kappa shape index (κ3) is 20.2. The van der Waals surface area contributed by atoms with E-state index in [9.17, 15) is 47.9 Å². The second-order valence-electron chi connectivity index (χ2n) is 18.9.